The Kier molecular flexibility index (Phi) is 12.5. The second kappa shape index (κ2) is 16.1. The Labute approximate surface area is 255 Å². The predicted octanol–water partition coefficient (Wildman–Crippen LogP) is 3.11. The third kappa shape index (κ3) is 10.4. The SMILES string of the molecule is CN[C@@H](C)C(=O)N[C@H](C(=O)N1CCC[C@H]1CN(CCc1ccccc1)C(=O)CNC(=O)OCc1ccccc1)C(C)(C)C. The fourth-order valence-corrected chi connectivity index (χ4v) is 5.04. The molecule has 0 saturated carbocycles. The molecule has 234 valence electrons. The first-order valence-electron chi connectivity index (χ1n) is 15.0. The van der Waals surface area contributed by atoms with Gasteiger partial charge in [-0.3, -0.25) is 14.4 Å². The van der Waals surface area contributed by atoms with Crippen LogP contribution >= 0.6 is 0 Å². The van der Waals surface area contributed by atoms with Crippen molar-refractivity contribution in [1.29, 1.82) is 0 Å². The number of nitrogens with zero attached hydrogens (tertiary/aromatic N) is 2. The second-order valence-corrected chi connectivity index (χ2v) is 12.1. The maximum atomic E-state index is 13.9. The first-order chi connectivity index (χ1) is 20.5. The second-order valence-electron chi connectivity index (χ2n) is 12.1. The van der Waals surface area contributed by atoms with E-state index in [1.165, 1.54) is 0 Å². The monoisotopic (exact) mass is 593 g/mol. The zero-order valence-electron chi connectivity index (χ0n) is 26.1. The lowest BCUT2D eigenvalue weighted by Gasteiger charge is -2.37. The number of amides is 4. The first kappa shape index (κ1) is 33.6. The Balaban J connectivity index is 1.69. The van der Waals surface area contributed by atoms with E-state index >= 15 is 0 Å². The van der Waals surface area contributed by atoms with Gasteiger partial charge in [-0.05, 0) is 49.8 Å². The Morgan fingerprint density at radius 2 is 1.63 bits per heavy atom. The highest BCUT2D eigenvalue weighted by molar-refractivity contribution is 5.90. The molecule has 4 amide bonds. The van der Waals surface area contributed by atoms with Gasteiger partial charge in [0.25, 0.3) is 0 Å². The van der Waals surface area contributed by atoms with Crippen molar-refractivity contribution in [1.82, 2.24) is 25.8 Å². The number of carbonyl (C=O) groups excluding carboxylic acids is 4. The van der Waals surface area contributed by atoms with Gasteiger partial charge in [0, 0.05) is 25.7 Å². The van der Waals surface area contributed by atoms with Crippen LogP contribution in [0.4, 0.5) is 4.79 Å². The number of carbonyl (C=O) groups is 4. The summed E-state index contributed by atoms with van der Waals surface area (Å²) in [6.45, 7) is 8.76. The van der Waals surface area contributed by atoms with Crippen molar-refractivity contribution in [3.8, 4) is 0 Å². The van der Waals surface area contributed by atoms with Crippen LogP contribution < -0.4 is 16.0 Å². The van der Waals surface area contributed by atoms with Crippen LogP contribution in [0.25, 0.3) is 0 Å². The van der Waals surface area contributed by atoms with E-state index in [-0.39, 0.29) is 36.9 Å². The molecule has 2 aromatic carbocycles. The van der Waals surface area contributed by atoms with Crippen LogP contribution in [0.5, 0.6) is 0 Å². The van der Waals surface area contributed by atoms with Crippen molar-refractivity contribution in [2.75, 3.05) is 33.2 Å². The molecule has 0 aromatic heterocycles. The quantitative estimate of drug-likeness (QED) is 0.328. The topological polar surface area (TPSA) is 120 Å². The fraction of sp³-hybridized carbons (Fsp3) is 0.515. The summed E-state index contributed by atoms with van der Waals surface area (Å²) in [6.07, 6.45) is 1.51. The average Bonchev–Trinajstić information content (AvgIpc) is 3.47. The maximum absolute atomic E-state index is 13.9. The highest BCUT2D eigenvalue weighted by Crippen LogP contribution is 2.26. The van der Waals surface area contributed by atoms with Gasteiger partial charge in [-0.2, -0.15) is 0 Å². The molecule has 3 rings (SSSR count). The molecule has 0 spiro atoms. The summed E-state index contributed by atoms with van der Waals surface area (Å²) in [6, 6.07) is 17.8. The minimum Gasteiger partial charge on any atom is -0.445 e. The van der Waals surface area contributed by atoms with E-state index < -0.39 is 23.6 Å². The average molecular weight is 594 g/mol. The maximum Gasteiger partial charge on any atom is 0.407 e. The van der Waals surface area contributed by atoms with Gasteiger partial charge in [0.2, 0.25) is 17.7 Å². The van der Waals surface area contributed by atoms with Gasteiger partial charge >= 0.3 is 6.09 Å². The Morgan fingerprint density at radius 3 is 2.23 bits per heavy atom. The van der Waals surface area contributed by atoms with E-state index in [1.54, 1.807) is 18.9 Å². The summed E-state index contributed by atoms with van der Waals surface area (Å²) in [5.74, 6) is -0.642. The molecule has 1 heterocycles. The van der Waals surface area contributed by atoms with Crippen LogP contribution in [0.15, 0.2) is 60.7 Å². The standard InChI is InChI=1S/C33H47N5O5/c1-24(34-5)30(40)36-29(33(2,3)4)31(41)38-19-12-17-27(38)22-37(20-18-25-13-8-6-9-14-25)28(39)21-35-32(42)43-23-26-15-10-7-11-16-26/h6-11,13-16,24,27,29,34H,12,17-23H2,1-5H3,(H,35,42)(H,36,40)/t24-,27-,29+/m0/s1. The van der Waals surface area contributed by atoms with Crippen LogP contribution in [0, 0.1) is 5.41 Å². The van der Waals surface area contributed by atoms with Gasteiger partial charge in [-0.25, -0.2) is 4.79 Å². The normalized spacial score (nSPS) is 16.2. The van der Waals surface area contributed by atoms with Crippen molar-refractivity contribution in [3.05, 3.63) is 71.8 Å². The molecule has 1 aliphatic heterocycles. The number of hydrogen-bond acceptors (Lipinski definition) is 6. The molecule has 0 radical (unpaired) electrons. The lowest BCUT2D eigenvalue weighted by atomic mass is 9.85. The summed E-state index contributed by atoms with van der Waals surface area (Å²) < 4.78 is 5.27. The van der Waals surface area contributed by atoms with Gasteiger partial charge < -0.3 is 30.5 Å². The highest BCUT2D eigenvalue weighted by Gasteiger charge is 2.40. The first-order valence-corrected chi connectivity index (χ1v) is 15.0. The number of likely N-dealkylation sites (tertiary alicyclic amines) is 1. The number of nitrogens with one attached hydrogen (secondary N) is 3. The van der Waals surface area contributed by atoms with E-state index in [4.69, 9.17) is 4.74 Å². The van der Waals surface area contributed by atoms with Crippen LogP contribution in [-0.2, 0) is 32.1 Å². The summed E-state index contributed by atoms with van der Waals surface area (Å²) in [5, 5.41) is 8.45. The summed E-state index contributed by atoms with van der Waals surface area (Å²) in [5.41, 5.74) is 1.42. The Hall–Kier alpha value is -3.92. The third-order valence-electron chi connectivity index (χ3n) is 7.78. The molecule has 0 unspecified atom stereocenters. The molecule has 1 fully saturated rings. The zero-order chi connectivity index (χ0) is 31.4. The van der Waals surface area contributed by atoms with Gasteiger partial charge in [-0.15, -0.1) is 0 Å². The molecule has 2 aromatic rings. The molecule has 10 nitrogen and oxygen atoms in total. The van der Waals surface area contributed by atoms with E-state index in [0.29, 0.717) is 26.1 Å². The van der Waals surface area contributed by atoms with Gasteiger partial charge in [-0.1, -0.05) is 81.4 Å². The molecular formula is C33H47N5O5. The minimum atomic E-state index is -0.717. The Bertz CT molecular complexity index is 1200. The Morgan fingerprint density at radius 1 is 1.00 bits per heavy atom. The number of rotatable bonds is 13. The number of ether oxygens (including phenoxy) is 1. The van der Waals surface area contributed by atoms with Gasteiger partial charge in [0.1, 0.15) is 19.2 Å². The van der Waals surface area contributed by atoms with Gasteiger partial charge in [0.05, 0.1) is 6.04 Å². The summed E-state index contributed by atoms with van der Waals surface area (Å²) >= 11 is 0. The molecule has 1 saturated heterocycles. The van der Waals surface area contributed by atoms with Crippen LogP contribution in [0.1, 0.15) is 51.7 Å². The van der Waals surface area contributed by atoms with Crippen molar-refractivity contribution in [2.24, 2.45) is 5.41 Å². The summed E-state index contributed by atoms with van der Waals surface area (Å²) in [4.78, 5) is 55.9. The molecule has 43 heavy (non-hydrogen) atoms. The van der Waals surface area contributed by atoms with Gasteiger partial charge in [0.15, 0.2) is 0 Å². The number of alkyl carbamates (subject to hydrolysis) is 1. The van der Waals surface area contributed by atoms with Crippen LogP contribution in [0.2, 0.25) is 0 Å². The number of benzene rings is 2. The fourth-order valence-electron chi connectivity index (χ4n) is 5.04. The summed E-state index contributed by atoms with van der Waals surface area (Å²) in [7, 11) is 1.70. The molecule has 1 aliphatic rings. The molecular weight excluding hydrogens is 546 g/mol. The molecule has 3 N–H and O–H groups in total. The van der Waals surface area contributed by atoms with Crippen molar-refractivity contribution in [3.63, 3.8) is 0 Å². The van der Waals surface area contributed by atoms with Crippen molar-refractivity contribution in [2.45, 2.75) is 71.7 Å². The minimum absolute atomic E-state index is 0.107. The molecule has 10 heteroatoms. The van der Waals surface area contributed by atoms with E-state index in [9.17, 15) is 19.2 Å². The largest absolute Gasteiger partial charge is 0.445 e. The number of likely N-dealkylation sites (N-methyl/N-ethyl adjacent to an activating group) is 1. The van der Waals surface area contributed by atoms with Crippen molar-refractivity contribution < 1.29 is 23.9 Å². The van der Waals surface area contributed by atoms with Crippen molar-refractivity contribution >= 4 is 23.8 Å². The highest BCUT2D eigenvalue weighted by atomic mass is 16.5. The molecule has 0 bridgehead atoms. The van der Waals surface area contributed by atoms with E-state index in [0.717, 1.165) is 24.0 Å². The molecule has 0 aliphatic carbocycles. The lowest BCUT2D eigenvalue weighted by Crippen LogP contribution is -2.59. The van der Waals surface area contributed by atoms with E-state index in [1.807, 2.05) is 86.3 Å². The molecule has 3 atom stereocenters. The number of hydrogen-bond donors (Lipinski definition) is 3. The third-order valence-corrected chi connectivity index (χ3v) is 7.78. The smallest absolute Gasteiger partial charge is 0.407 e. The predicted molar refractivity (Wildman–Crippen MR) is 166 cm³/mol. The zero-order valence-corrected chi connectivity index (χ0v) is 26.1. The van der Waals surface area contributed by atoms with E-state index in [2.05, 4.69) is 16.0 Å². The van der Waals surface area contributed by atoms with Crippen LogP contribution in [0.3, 0.4) is 0 Å². The van der Waals surface area contributed by atoms with Crippen LogP contribution in [-0.4, -0.2) is 85.0 Å². The lowest BCUT2D eigenvalue weighted by molar-refractivity contribution is -0.142.